The maximum absolute atomic E-state index is 13.6. The van der Waals surface area contributed by atoms with Crippen LogP contribution in [0.5, 0.6) is 11.5 Å². The molecule has 1 N–H and O–H groups in total. The molecule has 3 aliphatic rings. The number of Topliss-reactive ketones (excluding diaryl/α,β-unsaturated/α-hetero) is 1. The van der Waals surface area contributed by atoms with Gasteiger partial charge in [0.15, 0.2) is 17.3 Å². The normalized spacial score (nSPS) is 22.1. The molecule has 0 aromatic heterocycles. The molecular weight excluding hydrogens is 406 g/mol. The second-order valence-corrected chi connectivity index (χ2v) is 8.87. The van der Waals surface area contributed by atoms with Crippen LogP contribution < -0.4 is 14.8 Å². The van der Waals surface area contributed by atoms with Crippen LogP contribution >= 0.6 is 0 Å². The van der Waals surface area contributed by atoms with Gasteiger partial charge in [-0.05, 0) is 51.5 Å². The molecule has 2 aliphatic carbocycles. The van der Waals surface area contributed by atoms with Gasteiger partial charge in [0.05, 0.1) is 25.7 Å². The highest BCUT2D eigenvalue weighted by Gasteiger charge is 2.41. The third-order valence-corrected chi connectivity index (χ3v) is 6.82. The average molecular weight is 440 g/mol. The van der Waals surface area contributed by atoms with Gasteiger partial charge in [0, 0.05) is 29.0 Å². The molecule has 1 aliphatic heterocycles. The summed E-state index contributed by atoms with van der Waals surface area (Å²) in [6, 6.07) is 5.60. The molecule has 172 valence electrons. The quantitative estimate of drug-likeness (QED) is 0.518. The van der Waals surface area contributed by atoms with Crippen molar-refractivity contribution in [2.24, 2.45) is 0 Å². The number of benzene rings is 1. The molecule has 4 rings (SSSR count). The maximum Gasteiger partial charge on any atom is 0.337 e. The largest absolute Gasteiger partial charge is 0.493 e. The van der Waals surface area contributed by atoms with E-state index in [1.54, 1.807) is 14.2 Å². The lowest BCUT2D eigenvalue weighted by Gasteiger charge is -2.35. The molecule has 1 atom stereocenters. The number of para-hydroxylation sites is 1. The number of hydrogen-bond donors (Lipinski definition) is 1. The Morgan fingerprint density at radius 3 is 2.44 bits per heavy atom. The first-order valence-electron chi connectivity index (χ1n) is 11.7. The Hall–Kier alpha value is -2.76. The first kappa shape index (κ1) is 22.4. The molecule has 0 amide bonds. The molecule has 0 radical (unpaired) electrons. The number of allylic oxidation sites excluding steroid dienone is 3. The Kier molecular flexibility index (Phi) is 6.87. The molecule has 0 bridgehead atoms. The summed E-state index contributed by atoms with van der Waals surface area (Å²) in [5.74, 6) is 0.299. The number of esters is 1. The minimum Gasteiger partial charge on any atom is -0.493 e. The number of rotatable bonds is 5. The maximum atomic E-state index is 13.6. The van der Waals surface area contributed by atoms with Crippen molar-refractivity contribution in [3.8, 4) is 11.5 Å². The molecule has 0 spiro atoms. The van der Waals surface area contributed by atoms with Crippen LogP contribution in [0.2, 0.25) is 0 Å². The van der Waals surface area contributed by atoms with Gasteiger partial charge in [0.2, 0.25) is 0 Å². The zero-order valence-corrected chi connectivity index (χ0v) is 19.3. The summed E-state index contributed by atoms with van der Waals surface area (Å²) < 4.78 is 17.3. The van der Waals surface area contributed by atoms with Gasteiger partial charge < -0.3 is 19.5 Å². The zero-order chi connectivity index (χ0) is 22.7. The minimum atomic E-state index is -0.539. The van der Waals surface area contributed by atoms with Crippen LogP contribution in [0.4, 0.5) is 0 Å². The van der Waals surface area contributed by atoms with Gasteiger partial charge in [0.1, 0.15) is 6.10 Å². The van der Waals surface area contributed by atoms with Gasteiger partial charge in [0.25, 0.3) is 0 Å². The monoisotopic (exact) mass is 439 g/mol. The van der Waals surface area contributed by atoms with E-state index in [-0.39, 0.29) is 17.9 Å². The topological polar surface area (TPSA) is 73.9 Å². The van der Waals surface area contributed by atoms with Gasteiger partial charge in [-0.3, -0.25) is 4.79 Å². The molecule has 1 aromatic rings. The summed E-state index contributed by atoms with van der Waals surface area (Å²) in [4.78, 5) is 26.7. The molecular formula is C26H33NO5. The van der Waals surface area contributed by atoms with E-state index < -0.39 is 5.92 Å². The van der Waals surface area contributed by atoms with Crippen molar-refractivity contribution in [3.05, 3.63) is 46.3 Å². The lowest BCUT2D eigenvalue weighted by Crippen LogP contribution is -2.35. The van der Waals surface area contributed by atoms with E-state index >= 15 is 0 Å². The number of dihydropyridines is 1. The van der Waals surface area contributed by atoms with Crippen molar-refractivity contribution in [1.29, 1.82) is 0 Å². The highest BCUT2D eigenvalue weighted by Crippen LogP contribution is 2.47. The Labute approximate surface area is 190 Å². The molecule has 0 saturated heterocycles. The number of carbonyl (C=O) groups excluding carboxylic acids is 2. The summed E-state index contributed by atoms with van der Waals surface area (Å²) >= 11 is 0. The van der Waals surface area contributed by atoms with Crippen molar-refractivity contribution in [1.82, 2.24) is 5.32 Å². The highest BCUT2D eigenvalue weighted by molar-refractivity contribution is 6.04. The van der Waals surface area contributed by atoms with E-state index in [9.17, 15) is 9.59 Å². The van der Waals surface area contributed by atoms with E-state index in [1.807, 2.05) is 25.1 Å². The van der Waals surface area contributed by atoms with Crippen LogP contribution in [-0.2, 0) is 14.3 Å². The average Bonchev–Trinajstić information content (AvgIpc) is 3.06. The van der Waals surface area contributed by atoms with Crippen molar-refractivity contribution in [2.45, 2.75) is 76.7 Å². The fraction of sp³-hybridized carbons (Fsp3) is 0.538. The lowest BCUT2D eigenvalue weighted by molar-refractivity contribution is -0.145. The molecule has 1 aromatic carbocycles. The summed E-state index contributed by atoms with van der Waals surface area (Å²) in [5, 5.41) is 3.36. The highest BCUT2D eigenvalue weighted by atomic mass is 16.5. The second kappa shape index (κ2) is 9.80. The SMILES string of the molecule is COc1cccc([C@H]2C(C(=O)OC3CCCCCC3)=C(C)NC3=C2C(=O)CCC3)c1OC. The first-order chi connectivity index (χ1) is 15.5. The predicted octanol–water partition coefficient (Wildman–Crippen LogP) is 4.94. The third kappa shape index (κ3) is 4.27. The van der Waals surface area contributed by atoms with Gasteiger partial charge in [-0.2, -0.15) is 0 Å². The summed E-state index contributed by atoms with van der Waals surface area (Å²) in [7, 11) is 3.17. The van der Waals surface area contributed by atoms with E-state index in [0.717, 1.165) is 55.5 Å². The van der Waals surface area contributed by atoms with E-state index in [1.165, 1.54) is 12.8 Å². The van der Waals surface area contributed by atoms with Crippen LogP contribution in [0.3, 0.4) is 0 Å². The summed E-state index contributed by atoms with van der Waals surface area (Å²) in [6.45, 7) is 1.90. The molecule has 6 nitrogen and oxygen atoms in total. The predicted molar refractivity (Wildman–Crippen MR) is 122 cm³/mol. The van der Waals surface area contributed by atoms with Gasteiger partial charge >= 0.3 is 5.97 Å². The Bertz CT molecular complexity index is 953. The molecule has 1 saturated carbocycles. The van der Waals surface area contributed by atoms with Crippen LogP contribution in [-0.4, -0.2) is 32.1 Å². The van der Waals surface area contributed by atoms with Crippen molar-refractivity contribution >= 4 is 11.8 Å². The third-order valence-electron chi connectivity index (χ3n) is 6.82. The number of methoxy groups -OCH3 is 2. The van der Waals surface area contributed by atoms with Gasteiger partial charge in [-0.1, -0.05) is 25.0 Å². The molecule has 1 heterocycles. The number of carbonyl (C=O) groups is 2. The smallest absolute Gasteiger partial charge is 0.337 e. The van der Waals surface area contributed by atoms with Gasteiger partial charge in [-0.15, -0.1) is 0 Å². The van der Waals surface area contributed by atoms with Crippen LogP contribution in [0.25, 0.3) is 0 Å². The Morgan fingerprint density at radius 1 is 1.00 bits per heavy atom. The second-order valence-electron chi connectivity index (χ2n) is 8.87. The standard InChI is InChI=1S/C26H33NO5/c1-16-22(26(29)32-17-10-6-4-5-7-11-17)23(24-19(27-16)13-9-14-20(24)28)18-12-8-15-21(30-2)25(18)31-3/h8,12,15,17,23,27H,4-7,9-11,13-14H2,1-3H3/t23-/m0/s1. The van der Waals surface area contributed by atoms with Gasteiger partial charge in [-0.25, -0.2) is 4.79 Å². The van der Waals surface area contributed by atoms with Crippen LogP contribution in [0.1, 0.15) is 76.2 Å². The van der Waals surface area contributed by atoms with Crippen LogP contribution in [0.15, 0.2) is 40.7 Å². The fourth-order valence-corrected chi connectivity index (χ4v) is 5.28. The Balaban J connectivity index is 1.79. The zero-order valence-electron chi connectivity index (χ0n) is 19.3. The number of ketones is 1. The minimum absolute atomic E-state index is 0.0703. The molecule has 0 unspecified atom stereocenters. The number of ether oxygens (including phenoxy) is 3. The van der Waals surface area contributed by atoms with E-state index in [0.29, 0.717) is 29.1 Å². The van der Waals surface area contributed by atoms with E-state index in [2.05, 4.69) is 5.32 Å². The van der Waals surface area contributed by atoms with Crippen molar-refractivity contribution in [2.75, 3.05) is 14.2 Å². The number of nitrogens with one attached hydrogen (secondary N) is 1. The first-order valence-corrected chi connectivity index (χ1v) is 11.7. The van der Waals surface area contributed by atoms with E-state index in [4.69, 9.17) is 14.2 Å². The van der Waals surface area contributed by atoms with Crippen LogP contribution in [0, 0.1) is 0 Å². The lowest BCUT2D eigenvalue weighted by atomic mass is 9.75. The summed E-state index contributed by atoms with van der Waals surface area (Å²) in [6.07, 6.45) is 8.32. The van der Waals surface area contributed by atoms with Crippen molar-refractivity contribution in [3.63, 3.8) is 0 Å². The Morgan fingerprint density at radius 2 is 1.75 bits per heavy atom. The molecule has 1 fully saturated rings. The summed E-state index contributed by atoms with van der Waals surface area (Å²) in [5.41, 5.74) is 3.55. The molecule has 6 heteroatoms. The number of hydrogen-bond acceptors (Lipinski definition) is 6. The fourth-order valence-electron chi connectivity index (χ4n) is 5.28. The molecule has 32 heavy (non-hydrogen) atoms. The van der Waals surface area contributed by atoms with Crippen molar-refractivity contribution < 1.29 is 23.8 Å².